The molecular formula is C14H23ClN2O. The van der Waals surface area contributed by atoms with Gasteiger partial charge < -0.3 is 10.2 Å². The van der Waals surface area contributed by atoms with Gasteiger partial charge >= 0.3 is 0 Å². The van der Waals surface area contributed by atoms with E-state index in [0.717, 1.165) is 18.4 Å². The minimum Gasteiger partial charge on any atom is -0.320 e. The molecule has 0 saturated carbocycles. The van der Waals surface area contributed by atoms with E-state index in [1.807, 2.05) is 20.0 Å². The fourth-order valence-corrected chi connectivity index (χ4v) is 1.58. The molecule has 0 fully saturated rings. The Labute approximate surface area is 115 Å². The van der Waals surface area contributed by atoms with E-state index in [1.54, 1.807) is 12.1 Å². The van der Waals surface area contributed by atoms with E-state index in [1.165, 1.54) is 13.0 Å². The number of aldehydes is 1. The second-order valence-corrected chi connectivity index (χ2v) is 4.81. The van der Waals surface area contributed by atoms with Crippen molar-refractivity contribution in [1.29, 1.82) is 0 Å². The highest BCUT2D eigenvalue weighted by Crippen LogP contribution is 2.14. The van der Waals surface area contributed by atoms with Crippen LogP contribution in [0.4, 0.5) is 0 Å². The lowest BCUT2D eigenvalue weighted by atomic mass is 10.2. The summed E-state index contributed by atoms with van der Waals surface area (Å²) < 4.78 is 0. The normalized spacial score (nSPS) is 9.89. The highest BCUT2D eigenvalue weighted by molar-refractivity contribution is 6.33. The largest absolute Gasteiger partial charge is 0.320 e. The second kappa shape index (κ2) is 10.1. The van der Waals surface area contributed by atoms with Gasteiger partial charge in [0.15, 0.2) is 6.29 Å². The summed E-state index contributed by atoms with van der Waals surface area (Å²) in [5.41, 5.74) is 1.61. The number of halogens is 1. The van der Waals surface area contributed by atoms with Gasteiger partial charge in [-0.25, -0.2) is 0 Å². The lowest BCUT2D eigenvalue weighted by Crippen LogP contribution is -2.18. The van der Waals surface area contributed by atoms with E-state index in [0.29, 0.717) is 10.6 Å². The van der Waals surface area contributed by atoms with Crippen LogP contribution >= 0.6 is 11.6 Å². The van der Waals surface area contributed by atoms with Gasteiger partial charge in [-0.15, -0.1) is 0 Å². The predicted octanol–water partition coefficient (Wildman–Crippen LogP) is 2.62. The molecule has 0 aliphatic carbocycles. The summed E-state index contributed by atoms with van der Waals surface area (Å²) in [6.07, 6.45) is 1.99. The topological polar surface area (TPSA) is 32.3 Å². The van der Waals surface area contributed by atoms with E-state index < -0.39 is 0 Å². The van der Waals surface area contributed by atoms with Crippen molar-refractivity contribution in [3.05, 3.63) is 34.3 Å². The zero-order valence-corrected chi connectivity index (χ0v) is 12.4. The van der Waals surface area contributed by atoms with Crippen LogP contribution in [-0.4, -0.2) is 45.4 Å². The maximum Gasteiger partial charge on any atom is 0.151 e. The Kier molecular flexibility index (Phi) is 9.56. The summed E-state index contributed by atoms with van der Waals surface area (Å²) in [4.78, 5) is 12.4. The van der Waals surface area contributed by atoms with Crippen LogP contribution < -0.4 is 5.32 Å². The molecule has 4 heteroatoms. The SMILES string of the molecule is CNCCCN(C)C.Cc1ccc(C=O)c(Cl)c1. The van der Waals surface area contributed by atoms with Crippen LogP contribution in [0.25, 0.3) is 0 Å². The molecule has 0 heterocycles. The van der Waals surface area contributed by atoms with Gasteiger partial charge in [-0.05, 0) is 65.3 Å². The van der Waals surface area contributed by atoms with E-state index >= 15 is 0 Å². The van der Waals surface area contributed by atoms with Crippen molar-refractivity contribution < 1.29 is 4.79 Å². The third-order valence-corrected chi connectivity index (χ3v) is 2.64. The van der Waals surface area contributed by atoms with Crippen molar-refractivity contribution in [3.8, 4) is 0 Å². The highest BCUT2D eigenvalue weighted by atomic mass is 35.5. The quantitative estimate of drug-likeness (QED) is 0.659. The summed E-state index contributed by atoms with van der Waals surface area (Å²) in [5, 5.41) is 3.62. The molecule has 0 unspecified atom stereocenters. The number of carbonyl (C=O) groups excluding carboxylic acids is 1. The van der Waals surface area contributed by atoms with Gasteiger partial charge in [0.1, 0.15) is 0 Å². The molecule has 3 nitrogen and oxygen atoms in total. The van der Waals surface area contributed by atoms with Crippen molar-refractivity contribution >= 4 is 17.9 Å². The molecule has 0 bridgehead atoms. The molecule has 18 heavy (non-hydrogen) atoms. The summed E-state index contributed by atoms with van der Waals surface area (Å²) in [6, 6.07) is 5.34. The first-order chi connectivity index (χ1) is 8.51. The Bertz CT molecular complexity index is 354. The monoisotopic (exact) mass is 270 g/mol. The number of rotatable bonds is 5. The Balaban J connectivity index is 0.000000331. The Morgan fingerprint density at radius 2 is 2.06 bits per heavy atom. The fraction of sp³-hybridized carbons (Fsp3) is 0.500. The lowest BCUT2D eigenvalue weighted by molar-refractivity contribution is 0.112. The van der Waals surface area contributed by atoms with E-state index in [4.69, 9.17) is 11.6 Å². The van der Waals surface area contributed by atoms with Gasteiger partial charge in [0.05, 0.1) is 5.02 Å². The smallest absolute Gasteiger partial charge is 0.151 e. The molecule has 0 spiro atoms. The molecular weight excluding hydrogens is 248 g/mol. The Hall–Kier alpha value is -0.900. The van der Waals surface area contributed by atoms with Crippen LogP contribution in [0.5, 0.6) is 0 Å². The van der Waals surface area contributed by atoms with Gasteiger partial charge in [-0.1, -0.05) is 17.7 Å². The van der Waals surface area contributed by atoms with Crippen molar-refractivity contribution in [2.45, 2.75) is 13.3 Å². The molecule has 0 radical (unpaired) electrons. The maximum atomic E-state index is 10.3. The van der Waals surface area contributed by atoms with Crippen molar-refractivity contribution in [3.63, 3.8) is 0 Å². The van der Waals surface area contributed by atoms with Crippen molar-refractivity contribution in [2.24, 2.45) is 0 Å². The van der Waals surface area contributed by atoms with Crippen LogP contribution in [0.2, 0.25) is 5.02 Å². The number of nitrogens with zero attached hydrogens (tertiary/aromatic N) is 1. The molecule has 102 valence electrons. The molecule has 0 amide bonds. The van der Waals surface area contributed by atoms with Crippen LogP contribution in [0.1, 0.15) is 22.3 Å². The van der Waals surface area contributed by atoms with E-state index in [9.17, 15) is 4.79 Å². The number of nitrogens with one attached hydrogen (secondary N) is 1. The number of carbonyl (C=O) groups is 1. The molecule has 1 aromatic carbocycles. The average Bonchev–Trinajstić information content (AvgIpc) is 2.30. The zero-order valence-electron chi connectivity index (χ0n) is 11.7. The van der Waals surface area contributed by atoms with Gasteiger partial charge in [-0.3, -0.25) is 4.79 Å². The summed E-state index contributed by atoms with van der Waals surface area (Å²) in [6.45, 7) is 4.24. The van der Waals surface area contributed by atoms with Gasteiger partial charge in [0, 0.05) is 5.56 Å². The second-order valence-electron chi connectivity index (χ2n) is 4.40. The predicted molar refractivity (Wildman–Crippen MR) is 78.7 cm³/mol. The molecule has 0 aliphatic rings. The molecule has 0 atom stereocenters. The van der Waals surface area contributed by atoms with Crippen LogP contribution in [0, 0.1) is 6.92 Å². The molecule has 0 aromatic heterocycles. The standard InChI is InChI=1S/C8H7ClO.C6H16N2/c1-6-2-3-7(5-10)8(9)4-6;1-7-5-4-6-8(2)3/h2-5H,1H3;7H,4-6H2,1-3H3. The van der Waals surface area contributed by atoms with E-state index in [-0.39, 0.29) is 0 Å². The molecule has 1 aromatic rings. The average molecular weight is 271 g/mol. The van der Waals surface area contributed by atoms with Gasteiger partial charge in [0.25, 0.3) is 0 Å². The molecule has 0 aliphatic heterocycles. The first-order valence-corrected chi connectivity index (χ1v) is 6.39. The van der Waals surface area contributed by atoms with Gasteiger partial charge in [0.2, 0.25) is 0 Å². The number of aryl methyl sites for hydroxylation is 1. The summed E-state index contributed by atoms with van der Waals surface area (Å²) in [5.74, 6) is 0. The highest BCUT2D eigenvalue weighted by Gasteiger charge is 1.96. The summed E-state index contributed by atoms with van der Waals surface area (Å²) >= 11 is 5.70. The Morgan fingerprint density at radius 1 is 1.39 bits per heavy atom. The van der Waals surface area contributed by atoms with Crippen LogP contribution in [0.15, 0.2) is 18.2 Å². The number of hydrogen-bond donors (Lipinski definition) is 1. The maximum absolute atomic E-state index is 10.3. The van der Waals surface area contributed by atoms with Crippen molar-refractivity contribution in [2.75, 3.05) is 34.2 Å². The summed E-state index contributed by atoms with van der Waals surface area (Å²) in [7, 11) is 6.17. The fourth-order valence-electron chi connectivity index (χ4n) is 1.30. The minimum absolute atomic E-state index is 0.523. The third-order valence-electron chi connectivity index (χ3n) is 2.32. The van der Waals surface area contributed by atoms with Crippen LogP contribution in [-0.2, 0) is 0 Å². The van der Waals surface area contributed by atoms with Crippen LogP contribution in [0.3, 0.4) is 0 Å². The minimum atomic E-state index is 0.523. The first kappa shape index (κ1) is 17.1. The third kappa shape index (κ3) is 8.23. The molecule has 1 rings (SSSR count). The molecule has 0 saturated heterocycles. The van der Waals surface area contributed by atoms with E-state index in [2.05, 4.69) is 24.3 Å². The number of benzene rings is 1. The number of hydrogen-bond acceptors (Lipinski definition) is 3. The van der Waals surface area contributed by atoms with Gasteiger partial charge in [-0.2, -0.15) is 0 Å². The zero-order chi connectivity index (χ0) is 14.0. The van der Waals surface area contributed by atoms with Crippen molar-refractivity contribution in [1.82, 2.24) is 10.2 Å². The first-order valence-electron chi connectivity index (χ1n) is 6.02. The lowest BCUT2D eigenvalue weighted by Gasteiger charge is -2.07. The molecule has 1 N–H and O–H groups in total. The Morgan fingerprint density at radius 3 is 2.50 bits per heavy atom.